The van der Waals surface area contributed by atoms with Gasteiger partial charge in [-0.05, 0) is 37.1 Å². The van der Waals surface area contributed by atoms with Gasteiger partial charge in [0.25, 0.3) is 5.56 Å². The molecule has 0 spiro atoms. The molecule has 152 valence electrons. The minimum absolute atomic E-state index is 0.247. The van der Waals surface area contributed by atoms with E-state index < -0.39 is 12.4 Å². The molecule has 4 N–H and O–H groups in total. The molecule has 1 aliphatic rings. The monoisotopic (exact) mass is 419 g/mol. The van der Waals surface area contributed by atoms with E-state index in [0.29, 0.717) is 0 Å². The van der Waals surface area contributed by atoms with Crippen molar-refractivity contribution >= 4 is 29.0 Å². The van der Waals surface area contributed by atoms with Gasteiger partial charge in [-0.15, -0.1) is 13.2 Å². The molecular formula is C16H17ClF3N5O3. The SMILES string of the molecule is NC(=O)Nc1ccc(OC(F)(F)F)cc1.O=c1[nH]ncc(N2CCCC2)c1Cl. The van der Waals surface area contributed by atoms with Gasteiger partial charge >= 0.3 is 12.4 Å². The summed E-state index contributed by atoms with van der Waals surface area (Å²) in [5.74, 6) is -0.363. The van der Waals surface area contributed by atoms with Gasteiger partial charge in [0.2, 0.25) is 0 Å². The number of carbonyl (C=O) groups excluding carboxylic acids is 1. The number of rotatable bonds is 3. The Hall–Kier alpha value is -2.95. The highest BCUT2D eigenvalue weighted by Crippen LogP contribution is 2.24. The van der Waals surface area contributed by atoms with Gasteiger partial charge in [-0.3, -0.25) is 4.79 Å². The van der Waals surface area contributed by atoms with Gasteiger partial charge in [0.05, 0.1) is 11.9 Å². The number of urea groups is 1. The predicted molar refractivity (Wildman–Crippen MR) is 97.6 cm³/mol. The number of carbonyl (C=O) groups is 1. The van der Waals surface area contributed by atoms with Crippen molar-refractivity contribution in [2.75, 3.05) is 23.3 Å². The molecule has 0 saturated carbocycles. The van der Waals surface area contributed by atoms with Crippen LogP contribution in [-0.2, 0) is 0 Å². The van der Waals surface area contributed by atoms with Crippen LogP contribution in [-0.4, -0.2) is 35.7 Å². The molecule has 1 aliphatic heterocycles. The average molecular weight is 420 g/mol. The van der Waals surface area contributed by atoms with E-state index in [2.05, 4.69) is 25.2 Å². The van der Waals surface area contributed by atoms with Crippen LogP contribution in [0.4, 0.5) is 29.3 Å². The number of nitrogens with zero attached hydrogens (tertiary/aromatic N) is 2. The number of alkyl halides is 3. The molecule has 2 heterocycles. The molecule has 1 aromatic heterocycles. The smallest absolute Gasteiger partial charge is 0.406 e. The first-order chi connectivity index (χ1) is 13.2. The van der Waals surface area contributed by atoms with E-state index in [1.807, 2.05) is 0 Å². The Morgan fingerprint density at radius 2 is 1.86 bits per heavy atom. The number of hydrogen-bond acceptors (Lipinski definition) is 5. The van der Waals surface area contributed by atoms with Crippen LogP contribution >= 0.6 is 11.6 Å². The molecule has 1 aromatic carbocycles. The lowest BCUT2D eigenvalue weighted by atomic mass is 10.3. The van der Waals surface area contributed by atoms with Crippen molar-refractivity contribution < 1.29 is 22.7 Å². The van der Waals surface area contributed by atoms with Crippen LogP contribution in [0.1, 0.15) is 12.8 Å². The molecule has 0 aliphatic carbocycles. The molecule has 28 heavy (non-hydrogen) atoms. The van der Waals surface area contributed by atoms with E-state index in [-0.39, 0.29) is 22.0 Å². The summed E-state index contributed by atoms with van der Waals surface area (Å²) < 4.78 is 38.8. The van der Waals surface area contributed by atoms with E-state index in [1.54, 1.807) is 6.20 Å². The van der Waals surface area contributed by atoms with Gasteiger partial charge in [0, 0.05) is 18.8 Å². The summed E-state index contributed by atoms with van der Waals surface area (Å²) in [7, 11) is 0. The normalized spacial score (nSPS) is 13.5. The molecule has 0 radical (unpaired) electrons. The van der Waals surface area contributed by atoms with Crippen molar-refractivity contribution in [3.63, 3.8) is 0 Å². The third kappa shape index (κ3) is 6.65. The average Bonchev–Trinajstić information content (AvgIpc) is 3.12. The fraction of sp³-hybridized carbons (Fsp3) is 0.312. The molecule has 12 heteroatoms. The lowest BCUT2D eigenvalue weighted by Gasteiger charge is -2.17. The van der Waals surface area contributed by atoms with Crippen LogP contribution in [0.3, 0.4) is 0 Å². The molecule has 3 rings (SSSR count). The highest BCUT2D eigenvalue weighted by atomic mass is 35.5. The maximum absolute atomic E-state index is 11.7. The first-order valence-electron chi connectivity index (χ1n) is 8.06. The van der Waals surface area contributed by atoms with E-state index in [4.69, 9.17) is 17.3 Å². The maximum atomic E-state index is 11.7. The number of nitrogens with two attached hydrogens (primary N) is 1. The van der Waals surface area contributed by atoms with E-state index in [9.17, 15) is 22.8 Å². The minimum atomic E-state index is -4.72. The standard InChI is InChI=1S/C8H10ClN3O.C8H7F3N2O2/c9-7-6(5-10-11-8(7)13)12-3-1-2-4-12;9-8(10,11)15-6-3-1-5(2-4-6)13-7(12)14/h5H,1-4H2,(H,11,13);1-4H,(H3,12,13,14). The van der Waals surface area contributed by atoms with E-state index in [0.717, 1.165) is 43.8 Å². The number of anilines is 2. The highest BCUT2D eigenvalue weighted by Gasteiger charge is 2.30. The summed E-state index contributed by atoms with van der Waals surface area (Å²) in [4.78, 5) is 23.6. The van der Waals surface area contributed by atoms with Gasteiger partial charge in [-0.2, -0.15) is 5.10 Å². The molecule has 2 aromatic rings. The second kappa shape index (κ2) is 9.31. The molecule has 0 bridgehead atoms. The summed E-state index contributed by atoms with van der Waals surface area (Å²) in [6, 6.07) is 3.83. The molecular weight excluding hydrogens is 403 g/mol. The summed E-state index contributed by atoms with van der Waals surface area (Å²) in [5.41, 5.74) is 5.53. The first-order valence-corrected chi connectivity index (χ1v) is 8.44. The van der Waals surface area contributed by atoms with Crippen molar-refractivity contribution in [1.82, 2.24) is 10.2 Å². The molecule has 1 fully saturated rings. The zero-order valence-electron chi connectivity index (χ0n) is 14.4. The number of aromatic nitrogens is 2. The molecule has 0 unspecified atom stereocenters. The van der Waals surface area contributed by atoms with Crippen molar-refractivity contribution in [3.8, 4) is 5.75 Å². The molecule has 2 amide bonds. The highest BCUT2D eigenvalue weighted by molar-refractivity contribution is 6.33. The second-order valence-corrected chi connectivity index (χ2v) is 6.03. The van der Waals surface area contributed by atoms with Gasteiger partial charge in [-0.1, -0.05) is 11.6 Å². The number of halogens is 4. The van der Waals surface area contributed by atoms with Crippen LogP contribution in [0.2, 0.25) is 5.02 Å². The second-order valence-electron chi connectivity index (χ2n) is 5.65. The summed E-state index contributed by atoms with van der Waals surface area (Å²) >= 11 is 5.85. The fourth-order valence-electron chi connectivity index (χ4n) is 2.43. The number of amides is 2. The van der Waals surface area contributed by atoms with E-state index >= 15 is 0 Å². The number of H-pyrrole nitrogens is 1. The topological polar surface area (TPSA) is 113 Å². The Morgan fingerprint density at radius 3 is 2.39 bits per heavy atom. The maximum Gasteiger partial charge on any atom is 0.573 e. The molecule has 1 saturated heterocycles. The Bertz CT molecular complexity index is 852. The van der Waals surface area contributed by atoms with Crippen LogP contribution < -0.4 is 26.2 Å². The number of ether oxygens (including phenoxy) is 1. The zero-order chi connectivity index (χ0) is 20.7. The number of nitrogens with one attached hydrogen (secondary N) is 2. The van der Waals surface area contributed by atoms with Crippen LogP contribution in [0.5, 0.6) is 5.75 Å². The number of hydrogen-bond donors (Lipinski definition) is 3. The number of benzene rings is 1. The van der Waals surface area contributed by atoms with Gasteiger partial charge < -0.3 is 20.7 Å². The summed E-state index contributed by atoms with van der Waals surface area (Å²) in [6.45, 7) is 1.93. The lowest BCUT2D eigenvalue weighted by Crippen LogP contribution is -2.22. The van der Waals surface area contributed by atoms with Crippen molar-refractivity contribution in [2.24, 2.45) is 5.73 Å². The van der Waals surface area contributed by atoms with Gasteiger partial charge in [-0.25, -0.2) is 9.89 Å². The Morgan fingerprint density at radius 1 is 1.25 bits per heavy atom. The van der Waals surface area contributed by atoms with Gasteiger partial charge in [0.15, 0.2) is 0 Å². The van der Waals surface area contributed by atoms with Crippen LogP contribution in [0.25, 0.3) is 0 Å². The number of primary amides is 1. The van der Waals surface area contributed by atoms with Crippen LogP contribution in [0.15, 0.2) is 35.3 Å². The van der Waals surface area contributed by atoms with Crippen molar-refractivity contribution in [2.45, 2.75) is 19.2 Å². The van der Waals surface area contributed by atoms with E-state index in [1.165, 1.54) is 12.1 Å². The first kappa shape index (κ1) is 21.4. The summed E-state index contributed by atoms with van der Waals surface area (Å²) in [5, 5.41) is 8.47. The van der Waals surface area contributed by atoms with Gasteiger partial charge in [0.1, 0.15) is 10.8 Å². The van der Waals surface area contributed by atoms with Crippen LogP contribution in [0, 0.1) is 0 Å². The molecule has 0 atom stereocenters. The fourth-order valence-corrected chi connectivity index (χ4v) is 2.65. The third-order valence-corrected chi connectivity index (χ3v) is 3.94. The lowest BCUT2D eigenvalue weighted by molar-refractivity contribution is -0.274. The van der Waals surface area contributed by atoms with Crippen molar-refractivity contribution in [3.05, 3.63) is 45.8 Å². The summed E-state index contributed by atoms with van der Waals surface area (Å²) in [6.07, 6.45) is -0.806. The zero-order valence-corrected chi connectivity index (χ0v) is 15.2. The molecule has 8 nitrogen and oxygen atoms in total. The Labute approximate surface area is 162 Å². The Balaban J connectivity index is 0.000000202. The minimum Gasteiger partial charge on any atom is -0.406 e. The Kier molecular flexibility index (Phi) is 7.10. The largest absolute Gasteiger partial charge is 0.573 e. The number of aromatic amines is 1. The quantitative estimate of drug-likeness (QED) is 0.707. The predicted octanol–water partition coefficient (Wildman–Crippen LogP) is 3.10. The third-order valence-electron chi connectivity index (χ3n) is 3.58. The van der Waals surface area contributed by atoms with Crippen molar-refractivity contribution in [1.29, 1.82) is 0 Å².